The van der Waals surface area contributed by atoms with Gasteiger partial charge in [-0.2, -0.15) is 0 Å². The molecule has 0 aromatic carbocycles. The molecule has 72 valence electrons. The molecule has 2 heteroatoms. The molecule has 1 rings (SSSR count). The van der Waals surface area contributed by atoms with Crippen LogP contribution in [0.5, 0.6) is 0 Å². The Bertz CT molecular complexity index is 125. The Kier molecular flexibility index (Phi) is 4.02. The molecular weight excluding hydrogens is 148 g/mol. The Labute approximate surface area is 76.3 Å². The zero-order valence-electron chi connectivity index (χ0n) is 8.64. The topological polar surface area (TPSA) is 15.3 Å². The highest BCUT2D eigenvalue weighted by molar-refractivity contribution is 4.79. The van der Waals surface area contributed by atoms with Crippen LogP contribution >= 0.6 is 0 Å². The molecule has 0 amide bonds. The van der Waals surface area contributed by atoms with E-state index < -0.39 is 0 Å². The smallest absolute Gasteiger partial charge is 0.0192 e. The SMILES string of the molecule is CCC1CCN(C(C)CNC)C1. The number of likely N-dealkylation sites (N-methyl/N-ethyl adjacent to an activating group) is 1. The lowest BCUT2D eigenvalue weighted by molar-refractivity contribution is 0.245. The fourth-order valence-electron chi connectivity index (χ4n) is 2.02. The molecule has 1 heterocycles. The predicted octanol–water partition coefficient (Wildman–Crippen LogP) is 1.33. The number of likely N-dealkylation sites (tertiary alicyclic amines) is 1. The Morgan fingerprint density at radius 1 is 1.58 bits per heavy atom. The summed E-state index contributed by atoms with van der Waals surface area (Å²) < 4.78 is 0. The summed E-state index contributed by atoms with van der Waals surface area (Å²) in [5.74, 6) is 0.962. The summed E-state index contributed by atoms with van der Waals surface area (Å²) in [4.78, 5) is 2.60. The molecular formula is C10H22N2. The van der Waals surface area contributed by atoms with Crippen LogP contribution in [0.25, 0.3) is 0 Å². The van der Waals surface area contributed by atoms with E-state index in [1.807, 2.05) is 7.05 Å². The summed E-state index contributed by atoms with van der Waals surface area (Å²) in [6.45, 7) is 8.36. The fraction of sp³-hybridized carbons (Fsp3) is 1.00. The first-order chi connectivity index (χ1) is 5.77. The Morgan fingerprint density at radius 3 is 2.83 bits per heavy atom. The standard InChI is InChI=1S/C10H22N2/c1-4-10-5-6-12(8-10)9(2)7-11-3/h9-11H,4-8H2,1-3H3. The molecule has 2 unspecified atom stereocenters. The van der Waals surface area contributed by atoms with Gasteiger partial charge in [-0.05, 0) is 32.9 Å². The van der Waals surface area contributed by atoms with E-state index in [2.05, 4.69) is 24.1 Å². The summed E-state index contributed by atoms with van der Waals surface area (Å²) in [6.07, 6.45) is 2.76. The lowest BCUT2D eigenvalue weighted by Gasteiger charge is -2.23. The van der Waals surface area contributed by atoms with Gasteiger partial charge in [-0.3, -0.25) is 4.90 Å². The highest BCUT2D eigenvalue weighted by Crippen LogP contribution is 2.20. The fourth-order valence-corrected chi connectivity index (χ4v) is 2.02. The van der Waals surface area contributed by atoms with Crippen LogP contribution in [0.15, 0.2) is 0 Å². The van der Waals surface area contributed by atoms with Crippen molar-refractivity contribution in [2.75, 3.05) is 26.7 Å². The van der Waals surface area contributed by atoms with Crippen LogP contribution in [0, 0.1) is 5.92 Å². The van der Waals surface area contributed by atoms with E-state index in [0.29, 0.717) is 6.04 Å². The van der Waals surface area contributed by atoms with Gasteiger partial charge in [0.25, 0.3) is 0 Å². The summed E-state index contributed by atoms with van der Waals surface area (Å²) in [5.41, 5.74) is 0. The van der Waals surface area contributed by atoms with Gasteiger partial charge in [0.1, 0.15) is 0 Å². The molecule has 1 N–H and O–H groups in total. The third kappa shape index (κ3) is 2.46. The van der Waals surface area contributed by atoms with Gasteiger partial charge in [0.15, 0.2) is 0 Å². The number of rotatable bonds is 4. The minimum absolute atomic E-state index is 0.714. The van der Waals surface area contributed by atoms with Crippen LogP contribution < -0.4 is 5.32 Å². The second kappa shape index (κ2) is 4.83. The maximum absolute atomic E-state index is 3.24. The molecule has 2 nitrogen and oxygen atoms in total. The van der Waals surface area contributed by atoms with Gasteiger partial charge >= 0.3 is 0 Å². The average molecular weight is 170 g/mol. The zero-order valence-corrected chi connectivity index (χ0v) is 8.64. The van der Waals surface area contributed by atoms with Crippen molar-refractivity contribution in [3.05, 3.63) is 0 Å². The molecule has 0 saturated carbocycles. The first kappa shape index (κ1) is 10.0. The summed E-state index contributed by atoms with van der Waals surface area (Å²) >= 11 is 0. The van der Waals surface area contributed by atoms with Crippen molar-refractivity contribution in [2.24, 2.45) is 5.92 Å². The molecule has 0 aliphatic carbocycles. The van der Waals surface area contributed by atoms with Crippen LogP contribution in [0.3, 0.4) is 0 Å². The van der Waals surface area contributed by atoms with Crippen molar-refractivity contribution in [1.82, 2.24) is 10.2 Å². The van der Waals surface area contributed by atoms with Crippen LogP contribution in [0.4, 0.5) is 0 Å². The van der Waals surface area contributed by atoms with Crippen molar-refractivity contribution < 1.29 is 0 Å². The second-order valence-electron chi connectivity index (χ2n) is 3.96. The molecule has 0 bridgehead atoms. The molecule has 2 atom stereocenters. The van der Waals surface area contributed by atoms with Crippen LogP contribution in [-0.2, 0) is 0 Å². The summed E-state index contributed by atoms with van der Waals surface area (Å²) in [5, 5.41) is 3.24. The van der Waals surface area contributed by atoms with Gasteiger partial charge in [-0.1, -0.05) is 13.3 Å². The first-order valence-electron chi connectivity index (χ1n) is 5.16. The van der Waals surface area contributed by atoms with Crippen molar-refractivity contribution >= 4 is 0 Å². The number of hydrogen-bond donors (Lipinski definition) is 1. The zero-order chi connectivity index (χ0) is 8.97. The molecule has 0 aromatic heterocycles. The average Bonchev–Trinajstić information content (AvgIpc) is 2.52. The molecule has 12 heavy (non-hydrogen) atoms. The van der Waals surface area contributed by atoms with Gasteiger partial charge in [-0.25, -0.2) is 0 Å². The van der Waals surface area contributed by atoms with E-state index >= 15 is 0 Å². The van der Waals surface area contributed by atoms with E-state index in [1.165, 1.54) is 25.9 Å². The lowest BCUT2D eigenvalue weighted by Crippen LogP contribution is -2.37. The van der Waals surface area contributed by atoms with E-state index in [9.17, 15) is 0 Å². The minimum Gasteiger partial charge on any atom is -0.318 e. The monoisotopic (exact) mass is 170 g/mol. The predicted molar refractivity (Wildman–Crippen MR) is 53.4 cm³/mol. The van der Waals surface area contributed by atoms with Crippen LogP contribution in [0.1, 0.15) is 26.7 Å². The van der Waals surface area contributed by atoms with Crippen LogP contribution in [-0.4, -0.2) is 37.6 Å². The number of nitrogens with one attached hydrogen (secondary N) is 1. The normalized spacial score (nSPS) is 27.8. The van der Waals surface area contributed by atoms with E-state index in [4.69, 9.17) is 0 Å². The van der Waals surface area contributed by atoms with Crippen molar-refractivity contribution in [2.45, 2.75) is 32.7 Å². The molecule has 1 saturated heterocycles. The van der Waals surface area contributed by atoms with Gasteiger partial charge in [-0.15, -0.1) is 0 Å². The maximum atomic E-state index is 3.24. The third-order valence-electron chi connectivity index (χ3n) is 3.02. The summed E-state index contributed by atoms with van der Waals surface area (Å²) in [7, 11) is 2.03. The van der Waals surface area contributed by atoms with E-state index in [1.54, 1.807) is 0 Å². The first-order valence-corrected chi connectivity index (χ1v) is 5.16. The van der Waals surface area contributed by atoms with E-state index in [-0.39, 0.29) is 0 Å². The second-order valence-corrected chi connectivity index (χ2v) is 3.96. The van der Waals surface area contributed by atoms with Crippen molar-refractivity contribution in [1.29, 1.82) is 0 Å². The molecule has 1 fully saturated rings. The Morgan fingerprint density at radius 2 is 2.33 bits per heavy atom. The summed E-state index contributed by atoms with van der Waals surface area (Å²) in [6, 6.07) is 0.714. The minimum atomic E-state index is 0.714. The number of hydrogen-bond acceptors (Lipinski definition) is 2. The Hall–Kier alpha value is -0.0800. The molecule has 0 radical (unpaired) electrons. The Balaban J connectivity index is 2.25. The van der Waals surface area contributed by atoms with Crippen molar-refractivity contribution in [3.63, 3.8) is 0 Å². The lowest BCUT2D eigenvalue weighted by atomic mass is 10.1. The van der Waals surface area contributed by atoms with Crippen molar-refractivity contribution in [3.8, 4) is 0 Å². The molecule has 1 aliphatic heterocycles. The van der Waals surface area contributed by atoms with Gasteiger partial charge in [0.05, 0.1) is 0 Å². The largest absolute Gasteiger partial charge is 0.318 e. The molecule has 0 spiro atoms. The molecule has 1 aliphatic rings. The van der Waals surface area contributed by atoms with Gasteiger partial charge in [0.2, 0.25) is 0 Å². The molecule has 0 aromatic rings. The third-order valence-corrected chi connectivity index (χ3v) is 3.02. The highest BCUT2D eigenvalue weighted by atomic mass is 15.2. The van der Waals surface area contributed by atoms with Crippen LogP contribution in [0.2, 0.25) is 0 Å². The number of nitrogens with zero attached hydrogens (tertiary/aromatic N) is 1. The highest BCUT2D eigenvalue weighted by Gasteiger charge is 2.23. The quantitative estimate of drug-likeness (QED) is 0.684. The van der Waals surface area contributed by atoms with Gasteiger partial charge < -0.3 is 5.32 Å². The van der Waals surface area contributed by atoms with E-state index in [0.717, 1.165) is 12.5 Å². The maximum Gasteiger partial charge on any atom is 0.0192 e. The van der Waals surface area contributed by atoms with Gasteiger partial charge in [0, 0.05) is 19.1 Å².